The van der Waals surface area contributed by atoms with Crippen molar-refractivity contribution in [3.05, 3.63) is 76.0 Å². The minimum Gasteiger partial charge on any atom is -0.285 e. The number of rotatable bonds is 5. The normalized spacial score (nSPS) is 11.8. The molecule has 3 aromatic rings. The maximum atomic E-state index is 13.5. The second kappa shape index (κ2) is 7.51. The predicted molar refractivity (Wildman–Crippen MR) is 112 cm³/mol. The van der Waals surface area contributed by atoms with Crippen molar-refractivity contribution in [1.82, 2.24) is 9.36 Å². The molecule has 0 radical (unpaired) electrons. The molecule has 8 heteroatoms. The molecule has 0 amide bonds. The third kappa shape index (κ3) is 3.60. The van der Waals surface area contributed by atoms with Crippen LogP contribution in [0.25, 0.3) is 5.69 Å². The van der Waals surface area contributed by atoms with Crippen LogP contribution in [0.15, 0.2) is 58.2 Å². The van der Waals surface area contributed by atoms with Crippen LogP contribution in [0.1, 0.15) is 31.0 Å². The van der Waals surface area contributed by atoms with Crippen LogP contribution in [-0.4, -0.2) is 24.8 Å². The van der Waals surface area contributed by atoms with Crippen LogP contribution in [0.5, 0.6) is 0 Å². The summed E-state index contributed by atoms with van der Waals surface area (Å²) in [4.78, 5) is 12.9. The zero-order valence-corrected chi connectivity index (χ0v) is 17.9. The molecule has 1 heterocycles. The van der Waals surface area contributed by atoms with Crippen molar-refractivity contribution in [3.63, 3.8) is 0 Å². The molecule has 0 bridgehead atoms. The van der Waals surface area contributed by atoms with Gasteiger partial charge in [-0.05, 0) is 55.3 Å². The number of hydrogen-bond acceptors (Lipinski definition) is 3. The van der Waals surface area contributed by atoms with Crippen molar-refractivity contribution >= 4 is 15.7 Å². The van der Waals surface area contributed by atoms with Gasteiger partial charge in [0.1, 0.15) is 5.82 Å². The first-order valence-corrected chi connectivity index (χ1v) is 10.6. The van der Waals surface area contributed by atoms with Gasteiger partial charge >= 0.3 is 0 Å². The standard InChI is InChI=1S/C21H24FN3O3S/c1-14(2)20-15(3)23(4)25(21(20)26)17-9-11-19(12-10-17)29(27,28)24(5)18-8-6-7-16(22)13-18/h6-14H,1-5H3. The highest BCUT2D eigenvalue weighted by atomic mass is 32.2. The number of benzene rings is 2. The molecule has 0 aliphatic heterocycles. The van der Waals surface area contributed by atoms with E-state index in [1.807, 2.05) is 20.8 Å². The van der Waals surface area contributed by atoms with Crippen molar-refractivity contribution in [1.29, 1.82) is 0 Å². The van der Waals surface area contributed by atoms with Crippen molar-refractivity contribution in [3.8, 4) is 5.69 Å². The van der Waals surface area contributed by atoms with E-state index in [-0.39, 0.29) is 22.1 Å². The lowest BCUT2D eigenvalue weighted by Gasteiger charge is -2.19. The van der Waals surface area contributed by atoms with E-state index in [0.29, 0.717) is 5.69 Å². The second-order valence-electron chi connectivity index (χ2n) is 7.24. The molecule has 3 rings (SSSR count). The van der Waals surface area contributed by atoms with Crippen LogP contribution in [-0.2, 0) is 17.1 Å². The SMILES string of the molecule is Cc1c(C(C)C)c(=O)n(-c2ccc(S(=O)(=O)N(C)c3cccc(F)c3)cc2)n1C. The number of hydrogen-bond donors (Lipinski definition) is 0. The second-order valence-corrected chi connectivity index (χ2v) is 9.21. The van der Waals surface area contributed by atoms with E-state index in [1.54, 1.807) is 23.9 Å². The third-order valence-electron chi connectivity index (χ3n) is 5.09. The summed E-state index contributed by atoms with van der Waals surface area (Å²) in [5.74, 6) is -0.436. The summed E-state index contributed by atoms with van der Waals surface area (Å²) in [6.07, 6.45) is 0. The topological polar surface area (TPSA) is 64.3 Å². The average molecular weight is 418 g/mol. The fraction of sp³-hybridized carbons (Fsp3) is 0.286. The Labute approximate surface area is 169 Å². The highest BCUT2D eigenvalue weighted by Crippen LogP contribution is 2.24. The molecule has 0 aliphatic carbocycles. The van der Waals surface area contributed by atoms with Crippen molar-refractivity contribution < 1.29 is 12.8 Å². The summed E-state index contributed by atoms with van der Waals surface area (Å²) >= 11 is 0. The van der Waals surface area contributed by atoms with Gasteiger partial charge in [-0.3, -0.25) is 13.8 Å². The van der Waals surface area contributed by atoms with E-state index in [9.17, 15) is 17.6 Å². The van der Waals surface area contributed by atoms with Crippen LogP contribution in [0.3, 0.4) is 0 Å². The summed E-state index contributed by atoms with van der Waals surface area (Å²) in [7, 11) is -0.702. The largest absolute Gasteiger partial charge is 0.285 e. The van der Waals surface area contributed by atoms with Gasteiger partial charge in [-0.2, -0.15) is 0 Å². The molecule has 0 N–H and O–H groups in total. The molecule has 6 nitrogen and oxygen atoms in total. The lowest BCUT2D eigenvalue weighted by molar-refractivity contribution is 0.593. The van der Waals surface area contributed by atoms with E-state index in [2.05, 4.69) is 0 Å². The Morgan fingerprint density at radius 1 is 1.07 bits per heavy atom. The molecule has 0 aliphatic rings. The van der Waals surface area contributed by atoms with Crippen LogP contribution >= 0.6 is 0 Å². The maximum Gasteiger partial charge on any atom is 0.275 e. The van der Waals surface area contributed by atoms with E-state index in [4.69, 9.17) is 0 Å². The fourth-order valence-corrected chi connectivity index (χ4v) is 4.60. The Kier molecular flexibility index (Phi) is 5.40. The monoisotopic (exact) mass is 417 g/mol. The van der Waals surface area contributed by atoms with Crippen molar-refractivity contribution in [2.45, 2.75) is 31.6 Å². The van der Waals surface area contributed by atoms with E-state index in [0.717, 1.165) is 21.6 Å². The van der Waals surface area contributed by atoms with E-state index < -0.39 is 15.8 Å². The van der Waals surface area contributed by atoms with E-state index >= 15 is 0 Å². The molecule has 0 unspecified atom stereocenters. The number of nitrogens with zero attached hydrogens (tertiary/aromatic N) is 3. The molecule has 1 aromatic heterocycles. The molecule has 29 heavy (non-hydrogen) atoms. The average Bonchev–Trinajstić information content (AvgIpc) is 2.90. The van der Waals surface area contributed by atoms with Gasteiger partial charge in [-0.1, -0.05) is 19.9 Å². The van der Waals surface area contributed by atoms with Crippen LogP contribution in [0.2, 0.25) is 0 Å². The summed E-state index contributed by atoms with van der Waals surface area (Å²) in [5, 5.41) is 0. The Balaban J connectivity index is 2.01. The highest BCUT2D eigenvalue weighted by Gasteiger charge is 2.23. The Hall–Kier alpha value is -2.87. The molecular formula is C21H24FN3O3S. The summed E-state index contributed by atoms with van der Waals surface area (Å²) in [6, 6.07) is 11.5. The minimum absolute atomic E-state index is 0.0519. The van der Waals surface area contributed by atoms with Gasteiger partial charge in [-0.15, -0.1) is 0 Å². The molecule has 0 saturated heterocycles. The fourth-order valence-electron chi connectivity index (χ4n) is 3.41. The summed E-state index contributed by atoms with van der Waals surface area (Å²) < 4.78 is 43.6. The number of aromatic nitrogens is 2. The smallest absolute Gasteiger partial charge is 0.275 e. The van der Waals surface area contributed by atoms with Crippen LogP contribution in [0.4, 0.5) is 10.1 Å². The molecule has 2 aromatic carbocycles. The van der Waals surface area contributed by atoms with Gasteiger partial charge in [0.2, 0.25) is 0 Å². The van der Waals surface area contributed by atoms with Crippen molar-refractivity contribution in [2.24, 2.45) is 7.05 Å². The van der Waals surface area contributed by atoms with Crippen LogP contribution < -0.4 is 9.86 Å². The van der Waals surface area contributed by atoms with Crippen LogP contribution in [0, 0.1) is 12.7 Å². The molecule has 0 spiro atoms. The number of sulfonamides is 1. The quantitative estimate of drug-likeness (QED) is 0.638. The Morgan fingerprint density at radius 3 is 2.21 bits per heavy atom. The Bertz CT molecular complexity index is 1210. The molecule has 0 fully saturated rings. The first-order chi connectivity index (χ1) is 13.6. The summed E-state index contributed by atoms with van der Waals surface area (Å²) in [6.45, 7) is 5.82. The molecule has 0 atom stereocenters. The minimum atomic E-state index is -3.87. The highest BCUT2D eigenvalue weighted by molar-refractivity contribution is 7.92. The first-order valence-electron chi connectivity index (χ1n) is 9.19. The molecule has 0 saturated carbocycles. The summed E-state index contributed by atoms with van der Waals surface area (Å²) in [5.41, 5.74) is 2.28. The lowest BCUT2D eigenvalue weighted by atomic mass is 10.0. The third-order valence-corrected chi connectivity index (χ3v) is 6.89. The van der Waals surface area contributed by atoms with Crippen molar-refractivity contribution in [2.75, 3.05) is 11.4 Å². The predicted octanol–water partition coefficient (Wildman–Crippen LogP) is 3.57. The zero-order chi connectivity index (χ0) is 21.5. The van der Waals surface area contributed by atoms with Gasteiger partial charge in [0.25, 0.3) is 15.6 Å². The maximum absolute atomic E-state index is 13.5. The van der Waals surface area contributed by atoms with E-state index in [1.165, 1.54) is 42.1 Å². The Morgan fingerprint density at radius 2 is 1.69 bits per heavy atom. The first kappa shape index (κ1) is 20.9. The molecule has 154 valence electrons. The number of anilines is 1. The lowest BCUT2D eigenvalue weighted by Crippen LogP contribution is -2.27. The van der Waals surface area contributed by atoms with Gasteiger partial charge in [0, 0.05) is 25.4 Å². The van der Waals surface area contributed by atoms with Gasteiger partial charge in [0.05, 0.1) is 16.3 Å². The molecular weight excluding hydrogens is 393 g/mol. The van der Waals surface area contributed by atoms with Gasteiger partial charge in [-0.25, -0.2) is 17.5 Å². The number of halogens is 1. The van der Waals surface area contributed by atoms with Gasteiger partial charge in [0.15, 0.2) is 0 Å². The zero-order valence-electron chi connectivity index (χ0n) is 17.0. The van der Waals surface area contributed by atoms with Gasteiger partial charge < -0.3 is 0 Å².